The average Bonchev–Trinajstić information content (AvgIpc) is 3.13. The van der Waals surface area contributed by atoms with Crippen LogP contribution in [-0.2, 0) is 6.42 Å². The van der Waals surface area contributed by atoms with Crippen molar-refractivity contribution < 1.29 is 5.11 Å². The second kappa shape index (κ2) is 5.28. The highest BCUT2D eigenvalue weighted by atomic mass is 16.3. The highest BCUT2D eigenvalue weighted by Gasteiger charge is 2.55. The van der Waals surface area contributed by atoms with Crippen molar-refractivity contribution in [3.8, 4) is 0 Å². The second-order valence-electron chi connectivity index (χ2n) is 6.70. The van der Waals surface area contributed by atoms with Gasteiger partial charge in [0.2, 0.25) is 0 Å². The molecular weight excluding hydrogens is 232 g/mol. The van der Waals surface area contributed by atoms with Gasteiger partial charge in [-0.05, 0) is 54.1 Å². The van der Waals surface area contributed by atoms with Crippen molar-refractivity contribution in [2.45, 2.75) is 58.0 Å². The molecule has 1 fully saturated rings. The molecule has 104 valence electrons. The Labute approximate surface area is 117 Å². The van der Waals surface area contributed by atoms with Crippen molar-refractivity contribution in [3.05, 3.63) is 35.4 Å². The van der Waals surface area contributed by atoms with Crippen LogP contribution in [0.4, 0.5) is 0 Å². The highest BCUT2D eigenvalue weighted by Crippen LogP contribution is 2.61. The predicted octanol–water partition coefficient (Wildman–Crippen LogP) is 4.15. The van der Waals surface area contributed by atoms with E-state index in [0.717, 1.165) is 12.3 Å². The van der Waals surface area contributed by atoms with Crippen LogP contribution in [0.5, 0.6) is 0 Å². The molecule has 2 aliphatic carbocycles. The number of aliphatic hydroxyl groups excluding tert-OH is 1. The van der Waals surface area contributed by atoms with E-state index in [1.54, 1.807) is 0 Å². The van der Waals surface area contributed by atoms with Crippen LogP contribution in [0.15, 0.2) is 24.3 Å². The van der Waals surface area contributed by atoms with Gasteiger partial charge < -0.3 is 5.11 Å². The molecule has 0 radical (unpaired) electrons. The van der Waals surface area contributed by atoms with Crippen LogP contribution in [0.2, 0.25) is 0 Å². The summed E-state index contributed by atoms with van der Waals surface area (Å²) in [4.78, 5) is 0. The molecule has 0 spiro atoms. The van der Waals surface area contributed by atoms with E-state index in [-0.39, 0.29) is 6.10 Å². The second-order valence-corrected chi connectivity index (χ2v) is 6.70. The van der Waals surface area contributed by atoms with Gasteiger partial charge in [0.1, 0.15) is 0 Å². The van der Waals surface area contributed by atoms with Crippen LogP contribution < -0.4 is 0 Å². The molecule has 5 unspecified atom stereocenters. The molecule has 3 rings (SSSR count). The fraction of sp³-hybridized carbons (Fsp3) is 0.667. The third-order valence-electron chi connectivity index (χ3n) is 5.26. The summed E-state index contributed by atoms with van der Waals surface area (Å²) < 4.78 is 0. The molecule has 1 aromatic carbocycles. The number of aliphatic hydroxyl groups is 1. The average molecular weight is 258 g/mol. The summed E-state index contributed by atoms with van der Waals surface area (Å²) >= 11 is 0. The van der Waals surface area contributed by atoms with Gasteiger partial charge in [-0.25, -0.2) is 0 Å². The molecule has 0 aliphatic heterocycles. The van der Waals surface area contributed by atoms with Crippen molar-refractivity contribution in [1.82, 2.24) is 0 Å². The first-order valence-corrected chi connectivity index (χ1v) is 7.98. The third-order valence-corrected chi connectivity index (χ3v) is 5.26. The van der Waals surface area contributed by atoms with Gasteiger partial charge in [-0.3, -0.25) is 0 Å². The summed E-state index contributed by atoms with van der Waals surface area (Å²) in [6, 6.07) is 8.86. The molecule has 0 saturated heterocycles. The highest BCUT2D eigenvalue weighted by molar-refractivity contribution is 5.39. The largest absolute Gasteiger partial charge is 0.393 e. The first-order chi connectivity index (χ1) is 9.22. The van der Waals surface area contributed by atoms with Crippen LogP contribution in [-0.4, -0.2) is 11.2 Å². The topological polar surface area (TPSA) is 20.2 Å². The standard InChI is InChI=1S/C18H26O/c1-3-6-12(2)11-16(19)18-15-10-9-13-7-4-5-8-14(13)17(15)18/h4-5,7-8,12,15-19H,3,6,9-11H2,1-2H3. The van der Waals surface area contributed by atoms with Gasteiger partial charge in [0.05, 0.1) is 6.10 Å². The van der Waals surface area contributed by atoms with Crippen LogP contribution in [0.25, 0.3) is 0 Å². The van der Waals surface area contributed by atoms with Gasteiger partial charge in [-0.1, -0.05) is 51.0 Å². The van der Waals surface area contributed by atoms with Crippen molar-refractivity contribution in [2.24, 2.45) is 17.8 Å². The number of hydrogen-bond donors (Lipinski definition) is 1. The van der Waals surface area contributed by atoms with Crippen LogP contribution in [0.1, 0.15) is 56.6 Å². The summed E-state index contributed by atoms with van der Waals surface area (Å²) in [5.41, 5.74) is 3.06. The summed E-state index contributed by atoms with van der Waals surface area (Å²) in [6.07, 6.45) is 5.89. The number of benzene rings is 1. The van der Waals surface area contributed by atoms with Gasteiger partial charge in [0, 0.05) is 0 Å². The molecule has 1 nitrogen and oxygen atoms in total. The lowest BCUT2D eigenvalue weighted by Gasteiger charge is -2.16. The van der Waals surface area contributed by atoms with Crippen LogP contribution in [0, 0.1) is 17.8 Å². The van der Waals surface area contributed by atoms with E-state index in [0.29, 0.717) is 17.8 Å². The van der Waals surface area contributed by atoms with Gasteiger partial charge in [-0.2, -0.15) is 0 Å². The molecule has 0 heterocycles. The molecule has 1 aromatic rings. The lowest BCUT2D eigenvalue weighted by molar-refractivity contribution is 0.114. The van der Waals surface area contributed by atoms with E-state index in [2.05, 4.69) is 38.1 Å². The Morgan fingerprint density at radius 3 is 2.89 bits per heavy atom. The Morgan fingerprint density at radius 2 is 2.11 bits per heavy atom. The minimum atomic E-state index is -0.0808. The third kappa shape index (κ3) is 2.45. The minimum absolute atomic E-state index is 0.0808. The van der Waals surface area contributed by atoms with Crippen molar-refractivity contribution in [1.29, 1.82) is 0 Å². The summed E-state index contributed by atoms with van der Waals surface area (Å²) in [5, 5.41) is 10.5. The van der Waals surface area contributed by atoms with Gasteiger partial charge in [-0.15, -0.1) is 0 Å². The maximum atomic E-state index is 10.5. The van der Waals surface area contributed by atoms with E-state index in [4.69, 9.17) is 0 Å². The summed E-state index contributed by atoms with van der Waals surface area (Å²) in [6.45, 7) is 4.52. The first kappa shape index (κ1) is 13.2. The van der Waals surface area contributed by atoms with E-state index < -0.39 is 0 Å². The van der Waals surface area contributed by atoms with Gasteiger partial charge in [0.15, 0.2) is 0 Å². The van der Waals surface area contributed by atoms with Crippen molar-refractivity contribution >= 4 is 0 Å². The Morgan fingerprint density at radius 1 is 1.32 bits per heavy atom. The smallest absolute Gasteiger partial charge is 0.0579 e. The fourth-order valence-electron chi connectivity index (χ4n) is 4.32. The fourth-order valence-corrected chi connectivity index (χ4v) is 4.32. The summed E-state index contributed by atoms with van der Waals surface area (Å²) in [7, 11) is 0. The monoisotopic (exact) mass is 258 g/mol. The quantitative estimate of drug-likeness (QED) is 0.841. The number of rotatable bonds is 5. The molecular formula is C18H26O. The molecule has 5 atom stereocenters. The lowest BCUT2D eigenvalue weighted by Crippen LogP contribution is -2.15. The Balaban J connectivity index is 1.67. The Hall–Kier alpha value is -0.820. The number of fused-ring (bicyclic) bond motifs is 3. The molecule has 1 N–H and O–H groups in total. The predicted molar refractivity (Wildman–Crippen MR) is 79.2 cm³/mol. The molecule has 0 aromatic heterocycles. The first-order valence-electron chi connectivity index (χ1n) is 7.98. The molecule has 2 aliphatic rings. The SMILES string of the molecule is CCCC(C)CC(O)C1C2CCc3ccccc3C21. The van der Waals surface area contributed by atoms with E-state index in [1.165, 1.54) is 36.8 Å². The summed E-state index contributed by atoms with van der Waals surface area (Å²) in [5.74, 6) is 2.63. The maximum Gasteiger partial charge on any atom is 0.0579 e. The zero-order chi connectivity index (χ0) is 13.4. The normalized spacial score (nSPS) is 31.2. The van der Waals surface area contributed by atoms with E-state index >= 15 is 0 Å². The van der Waals surface area contributed by atoms with E-state index in [9.17, 15) is 5.11 Å². The number of aryl methyl sites for hydroxylation is 1. The van der Waals surface area contributed by atoms with Gasteiger partial charge in [0.25, 0.3) is 0 Å². The van der Waals surface area contributed by atoms with Crippen molar-refractivity contribution in [3.63, 3.8) is 0 Å². The Bertz CT molecular complexity index is 439. The molecule has 19 heavy (non-hydrogen) atoms. The van der Waals surface area contributed by atoms with Crippen LogP contribution >= 0.6 is 0 Å². The maximum absolute atomic E-state index is 10.5. The molecule has 0 bridgehead atoms. The zero-order valence-electron chi connectivity index (χ0n) is 12.2. The Kier molecular flexibility index (Phi) is 3.66. The molecule has 1 saturated carbocycles. The minimum Gasteiger partial charge on any atom is -0.393 e. The number of hydrogen-bond acceptors (Lipinski definition) is 1. The molecule has 1 heteroatoms. The van der Waals surface area contributed by atoms with Gasteiger partial charge >= 0.3 is 0 Å². The van der Waals surface area contributed by atoms with E-state index in [1.807, 2.05) is 0 Å². The van der Waals surface area contributed by atoms with Crippen molar-refractivity contribution in [2.75, 3.05) is 0 Å². The van der Waals surface area contributed by atoms with Crippen LogP contribution in [0.3, 0.4) is 0 Å². The zero-order valence-corrected chi connectivity index (χ0v) is 12.2. The molecule has 0 amide bonds. The lowest BCUT2D eigenvalue weighted by atomic mass is 9.92.